The fraction of sp³-hybridized carbons (Fsp3) is 0.667. The molecule has 0 N–H and O–H groups in total. The first kappa shape index (κ1) is 5.19. The minimum absolute atomic E-state index is 0.0284. The molecule has 0 rings (SSSR count). The van der Waals surface area contributed by atoms with Gasteiger partial charge in [-0.2, -0.15) is 0 Å². The first-order chi connectivity index (χ1) is 3.77. The number of hydrogen-bond donors (Lipinski definition) is 0. The van der Waals surface area contributed by atoms with Gasteiger partial charge < -0.3 is 4.18 Å². The van der Waals surface area contributed by atoms with Crippen LogP contribution in [0.1, 0.15) is 6.92 Å². The van der Waals surface area contributed by atoms with Crippen molar-refractivity contribution in [1.82, 2.24) is 0 Å². The Kier molecular flexibility index (Phi) is 3.12. The average molecular weight is 119 g/mol. The second kappa shape index (κ2) is 4.21. The van der Waals surface area contributed by atoms with Gasteiger partial charge in [0.2, 0.25) is 7.09 Å². The highest BCUT2D eigenvalue weighted by Gasteiger charge is 1.87. The van der Waals surface area contributed by atoms with Gasteiger partial charge in [0.25, 0.3) is 0 Å². The Hall–Kier alpha value is 0.0449. The summed E-state index contributed by atoms with van der Waals surface area (Å²) in [5.41, 5.74) is 0. The summed E-state index contributed by atoms with van der Waals surface area (Å²) in [6.07, 6.45) is 0. The van der Waals surface area contributed by atoms with Crippen molar-refractivity contribution in [3.63, 3.8) is 0 Å². The molecule has 0 atom stereocenters. The zero-order valence-corrected chi connectivity index (χ0v) is 4.83. The Balaban J connectivity index is 2.82. The first-order valence-corrected chi connectivity index (χ1v) is 2.55. The van der Waals surface area contributed by atoms with E-state index in [1.54, 1.807) is 0 Å². The molecule has 0 aromatic rings. The van der Waals surface area contributed by atoms with Crippen molar-refractivity contribution in [2.24, 2.45) is 0 Å². The summed E-state index contributed by atoms with van der Waals surface area (Å²) in [6.45, 7) is 1.52. The normalized spacial score (nSPS) is 10.1. The molecular formula is C3H6BO2S. The molecule has 7 heavy (non-hydrogen) atoms. The highest BCUT2D eigenvalue weighted by molar-refractivity contribution is 8.15. The number of Topliss-reactive ketones (excluding diaryl/α,β-unsaturated/α-hetero) is 1. The SMILES string of the molecule is [3H][B]SOCC(C)=O. The van der Waals surface area contributed by atoms with Crippen molar-refractivity contribution in [2.45, 2.75) is 6.92 Å². The molecule has 2 nitrogen and oxygen atoms in total. The van der Waals surface area contributed by atoms with Gasteiger partial charge in [0.1, 0.15) is 6.61 Å². The molecule has 0 aliphatic carbocycles. The summed E-state index contributed by atoms with van der Waals surface area (Å²) in [5, 5.41) is 0. The summed E-state index contributed by atoms with van der Waals surface area (Å²) < 4.78 is 11.0. The lowest BCUT2D eigenvalue weighted by Crippen LogP contribution is -1.97. The zero-order chi connectivity index (χ0) is 6.41. The molecule has 0 heterocycles. The maximum atomic E-state index is 10.1. The number of carbonyl (C=O) groups is 1. The highest BCUT2D eigenvalue weighted by atomic mass is 32.2. The van der Waals surface area contributed by atoms with E-state index in [4.69, 9.17) is 1.34 Å². The fourth-order valence-electron chi connectivity index (χ4n) is 0.117. The Morgan fingerprint density at radius 2 is 3.00 bits per heavy atom. The molecular weight excluding hydrogens is 111 g/mol. The molecule has 0 spiro atoms. The number of ketones is 1. The standard InChI is InChI=1S/C3H6BO2S/c1-3(5)2-6-7-4/h4H,2H2,1H3/i4T. The molecule has 0 aliphatic rings. The summed E-state index contributed by atoms with van der Waals surface area (Å²) in [6, 6.07) is 0. The lowest BCUT2D eigenvalue weighted by atomic mass is 10.5. The molecule has 39 valence electrons. The monoisotopic (exact) mass is 119 g/mol. The second-order valence-corrected chi connectivity index (χ2v) is 1.49. The third kappa shape index (κ3) is 6.04. The van der Waals surface area contributed by atoms with Gasteiger partial charge in [-0.1, -0.05) is 11.9 Å². The Morgan fingerprint density at radius 1 is 2.29 bits per heavy atom. The van der Waals surface area contributed by atoms with Gasteiger partial charge in [-0.25, -0.2) is 0 Å². The molecule has 4 heteroatoms. The predicted molar refractivity (Wildman–Crippen MR) is 31.4 cm³/mol. The molecule has 0 unspecified atom stereocenters. The summed E-state index contributed by atoms with van der Waals surface area (Å²) >= 11 is 0.857. The maximum absolute atomic E-state index is 10.1. The Morgan fingerprint density at radius 3 is 3.43 bits per heavy atom. The maximum Gasteiger partial charge on any atom is 0.209 e. The number of hydrogen-bond acceptors (Lipinski definition) is 3. The van der Waals surface area contributed by atoms with Crippen molar-refractivity contribution < 1.29 is 8.98 Å². The van der Waals surface area contributed by atoms with Crippen LogP contribution in [0.4, 0.5) is 0 Å². The van der Waals surface area contributed by atoms with Crippen LogP contribution in [0, 0.1) is 0 Å². The zero-order valence-electron chi connectivity index (χ0n) is 5.01. The van der Waals surface area contributed by atoms with E-state index in [0.29, 0.717) is 0 Å². The van der Waals surface area contributed by atoms with E-state index in [9.17, 15) is 4.79 Å². The van der Waals surface area contributed by atoms with Crippen LogP contribution in [0.5, 0.6) is 0 Å². The van der Waals surface area contributed by atoms with E-state index >= 15 is 0 Å². The van der Waals surface area contributed by atoms with E-state index in [0.717, 1.165) is 19.0 Å². The summed E-state index contributed by atoms with van der Waals surface area (Å²) in [4.78, 5) is 10.1. The minimum atomic E-state index is -0.0284. The highest BCUT2D eigenvalue weighted by Crippen LogP contribution is 1.90. The van der Waals surface area contributed by atoms with Crippen molar-refractivity contribution >= 4 is 24.8 Å². The van der Waals surface area contributed by atoms with Gasteiger partial charge in [-0.05, 0) is 8.26 Å². The first-order valence-electron chi connectivity index (χ1n) is 2.33. The molecule has 0 saturated heterocycles. The smallest absolute Gasteiger partial charge is 0.209 e. The Labute approximate surface area is 49.5 Å². The van der Waals surface area contributed by atoms with Crippen LogP contribution in [0.25, 0.3) is 0 Å². The summed E-state index contributed by atoms with van der Waals surface area (Å²) in [5.74, 6) is -0.0284. The van der Waals surface area contributed by atoms with Gasteiger partial charge in [0.05, 0.1) is 0 Å². The van der Waals surface area contributed by atoms with Gasteiger partial charge >= 0.3 is 0 Å². The quantitative estimate of drug-likeness (QED) is 0.297. The lowest BCUT2D eigenvalue weighted by molar-refractivity contribution is -0.118. The van der Waals surface area contributed by atoms with E-state index < -0.39 is 0 Å². The van der Waals surface area contributed by atoms with Gasteiger partial charge in [-0.3, -0.25) is 4.79 Å². The van der Waals surface area contributed by atoms with Crippen LogP contribution in [0.2, 0.25) is 0 Å². The van der Waals surface area contributed by atoms with Gasteiger partial charge in [-0.15, -0.1) is 0 Å². The van der Waals surface area contributed by atoms with Gasteiger partial charge in [0, 0.05) is 0 Å². The van der Waals surface area contributed by atoms with Crippen LogP contribution < -0.4 is 0 Å². The molecule has 0 amide bonds. The third-order valence-corrected chi connectivity index (χ3v) is 0.584. The molecule has 0 fully saturated rings. The van der Waals surface area contributed by atoms with E-state index in [1.807, 2.05) is 0 Å². The second-order valence-electron chi connectivity index (χ2n) is 1.06. The minimum Gasteiger partial charge on any atom is -0.320 e. The largest absolute Gasteiger partial charge is 0.320 e. The van der Waals surface area contributed by atoms with Crippen molar-refractivity contribution in [3.05, 3.63) is 0 Å². The van der Waals surface area contributed by atoms with E-state index in [-0.39, 0.29) is 12.4 Å². The van der Waals surface area contributed by atoms with Crippen LogP contribution in [0.15, 0.2) is 0 Å². The van der Waals surface area contributed by atoms with Crippen molar-refractivity contribution in [1.29, 1.82) is 1.34 Å². The average Bonchev–Trinajstić information content (AvgIpc) is 1.66. The molecule has 0 aromatic carbocycles. The van der Waals surface area contributed by atoms with E-state index in [2.05, 4.69) is 4.18 Å². The third-order valence-electron chi connectivity index (χ3n) is 0.330. The molecule has 0 aromatic heterocycles. The topological polar surface area (TPSA) is 26.3 Å². The Bertz CT molecular complexity index is 79.7. The van der Waals surface area contributed by atoms with Gasteiger partial charge in [0.15, 0.2) is 5.78 Å². The molecule has 0 bridgehead atoms. The van der Waals surface area contributed by atoms with Crippen molar-refractivity contribution in [3.8, 4) is 0 Å². The van der Waals surface area contributed by atoms with Crippen LogP contribution in [-0.4, -0.2) is 20.8 Å². The number of rotatable bonds is 4. The lowest BCUT2D eigenvalue weighted by Gasteiger charge is -1.90. The molecule has 0 saturated carbocycles. The molecule has 1 radical (unpaired) electrons. The predicted octanol–water partition coefficient (Wildman–Crippen LogP) is 0.0560. The fourth-order valence-corrected chi connectivity index (χ4v) is 0.351. The van der Waals surface area contributed by atoms with Crippen LogP contribution in [0.3, 0.4) is 0 Å². The van der Waals surface area contributed by atoms with E-state index in [1.165, 1.54) is 6.92 Å². The van der Waals surface area contributed by atoms with Crippen LogP contribution in [-0.2, 0) is 8.98 Å². The van der Waals surface area contributed by atoms with Crippen LogP contribution >= 0.6 is 11.9 Å². The summed E-state index contributed by atoms with van der Waals surface area (Å²) in [7, 11) is 1.03. The molecule has 0 aliphatic heterocycles. The number of carbonyl (C=O) groups excluding carboxylic acids is 1. The van der Waals surface area contributed by atoms with Crippen molar-refractivity contribution in [2.75, 3.05) is 6.61 Å².